The standard InChI is InChI=1S/C26H51N2O4/c1-6-7-8-16-19-26(28(31)25(4,5)22-32-26)20-17-14-12-10-9-11-13-15-18-23(30)27-24(2,3)21-29/h29H,6-22H2,1-5H3,(H,27,30). The molecular formula is C26H51N2O4. The third-order valence-corrected chi connectivity index (χ3v) is 6.63. The summed E-state index contributed by atoms with van der Waals surface area (Å²) in [6, 6.07) is 0. The van der Waals surface area contributed by atoms with E-state index in [1.54, 1.807) is 0 Å². The van der Waals surface area contributed by atoms with E-state index in [1.807, 2.05) is 27.7 Å². The molecule has 1 atom stereocenters. The van der Waals surface area contributed by atoms with E-state index in [4.69, 9.17) is 4.74 Å². The van der Waals surface area contributed by atoms with Gasteiger partial charge in [0.2, 0.25) is 5.91 Å². The topological polar surface area (TPSA) is 81.7 Å². The van der Waals surface area contributed by atoms with Crippen LogP contribution in [0.3, 0.4) is 0 Å². The molecule has 0 spiro atoms. The Morgan fingerprint density at radius 3 is 1.91 bits per heavy atom. The van der Waals surface area contributed by atoms with Crippen LogP contribution in [-0.4, -0.2) is 46.1 Å². The number of hydrogen-bond acceptors (Lipinski definition) is 4. The molecule has 1 amide bonds. The summed E-state index contributed by atoms with van der Waals surface area (Å²) in [5.41, 5.74) is -1.56. The lowest BCUT2D eigenvalue weighted by Crippen LogP contribution is -2.49. The molecule has 0 aromatic heterocycles. The Labute approximate surface area is 197 Å². The number of aliphatic hydroxyl groups is 1. The van der Waals surface area contributed by atoms with Crippen LogP contribution < -0.4 is 5.32 Å². The fourth-order valence-corrected chi connectivity index (χ4v) is 4.51. The van der Waals surface area contributed by atoms with E-state index < -0.39 is 16.8 Å². The van der Waals surface area contributed by atoms with Gasteiger partial charge in [0, 0.05) is 6.42 Å². The van der Waals surface area contributed by atoms with Crippen LogP contribution in [0.15, 0.2) is 0 Å². The molecule has 1 aliphatic heterocycles. The highest BCUT2D eigenvalue weighted by Gasteiger charge is 2.51. The number of aliphatic hydroxyl groups excluding tert-OH is 1. The first kappa shape index (κ1) is 29.3. The fourth-order valence-electron chi connectivity index (χ4n) is 4.51. The fraction of sp³-hybridized carbons (Fsp3) is 0.962. The predicted molar refractivity (Wildman–Crippen MR) is 130 cm³/mol. The van der Waals surface area contributed by atoms with Crippen LogP contribution in [0.2, 0.25) is 0 Å². The maximum atomic E-state index is 13.0. The number of carbonyl (C=O) groups excluding carboxylic acids is 1. The van der Waals surface area contributed by atoms with Gasteiger partial charge >= 0.3 is 0 Å². The summed E-state index contributed by atoms with van der Waals surface area (Å²) in [5, 5.41) is 26.3. The van der Waals surface area contributed by atoms with Crippen molar-refractivity contribution < 1.29 is 19.8 Å². The third-order valence-electron chi connectivity index (χ3n) is 6.63. The first-order valence-electron chi connectivity index (χ1n) is 13.1. The lowest BCUT2D eigenvalue weighted by Gasteiger charge is -2.35. The lowest BCUT2D eigenvalue weighted by molar-refractivity contribution is -0.296. The minimum Gasteiger partial charge on any atom is -0.394 e. The van der Waals surface area contributed by atoms with Crippen LogP contribution in [0.5, 0.6) is 0 Å². The molecule has 189 valence electrons. The number of rotatable bonds is 18. The second-order valence-corrected chi connectivity index (χ2v) is 11.1. The summed E-state index contributed by atoms with van der Waals surface area (Å²) in [7, 11) is 0. The molecule has 0 saturated carbocycles. The van der Waals surface area contributed by atoms with Crippen LogP contribution in [0.25, 0.3) is 0 Å². The van der Waals surface area contributed by atoms with E-state index in [2.05, 4.69) is 12.2 Å². The molecule has 1 heterocycles. The molecule has 6 nitrogen and oxygen atoms in total. The van der Waals surface area contributed by atoms with Gasteiger partial charge in [-0.15, -0.1) is 10.3 Å². The Morgan fingerprint density at radius 2 is 1.44 bits per heavy atom. The quantitative estimate of drug-likeness (QED) is 0.252. The van der Waals surface area contributed by atoms with Crippen molar-refractivity contribution >= 4 is 5.91 Å². The second kappa shape index (κ2) is 14.5. The molecule has 0 aromatic carbocycles. The lowest BCUT2D eigenvalue weighted by atomic mass is 9.95. The number of unbranched alkanes of at least 4 members (excludes halogenated alkanes) is 10. The largest absolute Gasteiger partial charge is 0.394 e. The van der Waals surface area contributed by atoms with E-state index in [1.165, 1.54) is 43.6 Å². The van der Waals surface area contributed by atoms with E-state index in [0.717, 1.165) is 51.4 Å². The molecule has 2 N–H and O–H groups in total. The second-order valence-electron chi connectivity index (χ2n) is 11.1. The van der Waals surface area contributed by atoms with Crippen molar-refractivity contribution in [3.63, 3.8) is 0 Å². The minimum absolute atomic E-state index is 0.0254. The SMILES string of the molecule is CCCCCCC1(CCCCCCCCCCC(=O)NC(C)(C)CO)OCC(C)(C)N1[O]. The smallest absolute Gasteiger partial charge is 0.220 e. The summed E-state index contributed by atoms with van der Waals surface area (Å²) in [5.74, 6) is 0.0254. The average molecular weight is 456 g/mol. The number of ether oxygens (including phenoxy) is 1. The summed E-state index contributed by atoms with van der Waals surface area (Å²) < 4.78 is 6.14. The molecule has 1 radical (unpaired) electrons. The predicted octanol–water partition coefficient (Wildman–Crippen LogP) is 5.90. The van der Waals surface area contributed by atoms with Gasteiger partial charge in [-0.05, 0) is 59.8 Å². The van der Waals surface area contributed by atoms with E-state index in [-0.39, 0.29) is 12.5 Å². The van der Waals surface area contributed by atoms with Crippen LogP contribution in [0, 0.1) is 0 Å². The Bertz CT molecular complexity index is 524. The van der Waals surface area contributed by atoms with E-state index >= 15 is 0 Å². The normalized spacial score (nSPS) is 21.2. The van der Waals surface area contributed by atoms with Crippen LogP contribution >= 0.6 is 0 Å². The molecule has 1 rings (SSSR count). The number of hydrogen-bond donors (Lipinski definition) is 2. The van der Waals surface area contributed by atoms with Crippen molar-refractivity contribution in [3.05, 3.63) is 0 Å². The van der Waals surface area contributed by atoms with Gasteiger partial charge in [-0.3, -0.25) is 4.79 Å². The summed E-state index contributed by atoms with van der Waals surface area (Å²) in [4.78, 5) is 11.9. The Kier molecular flexibility index (Phi) is 13.3. The highest BCUT2D eigenvalue weighted by atomic mass is 16.6. The number of nitrogens with one attached hydrogen (secondary N) is 1. The van der Waals surface area contributed by atoms with Crippen molar-refractivity contribution in [1.29, 1.82) is 0 Å². The van der Waals surface area contributed by atoms with Gasteiger partial charge in [-0.1, -0.05) is 64.7 Å². The van der Waals surface area contributed by atoms with E-state index in [0.29, 0.717) is 13.0 Å². The van der Waals surface area contributed by atoms with E-state index in [9.17, 15) is 15.1 Å². The van der Waals surface area contributed by atoms with Crippen molar-refractivity contribution in [2.24, 2.45) is 0 Å². The van der Waals surface area contributed by atoms with Crippen LogP contribution in [-0.2, 0) is 14.7 Å². The van der Waals surface area contributed by atoms with Crippen molar-refractivity contribution in [3.8, 4) is 0 Å². The zero-order valence-electron chi connectivity index (χ0n) is 21.6. The molecule has 6 heteroatoms. The van der Waals surface area contributed by atoms with Crippen molar-refractivity contribution in [2.75, 3.05) is 13.2 Å². The number of hydroxylamine groups is 2. The molecule has 0 aromatic rings. The number of nitrogens with zero attached hydrogens (tertiary/aromatic N) is 1. The minimum atomic E-state index is -0.609. The highest BCUT2D eigenvalue weighted by molar-refractivity contribution is 5.76. The van der Waals surface area contributed by atoms with Crippen LogP contribution in [0.4, 0.5) is 0 Å². The first-order chi connectivity index (χ1) is 15.1. The number of amides is 1. The summed E-state index contributed by atoms with van der Waals surface area (Å²) in [6.07, 6.45) is 15.8. The maximum Gasteiger partial charge on any atom is 0.220 e. The number of carbonyl (C=O) groups is 1. The monoisotopic (exact) mass is 455 g/mol. The zero-order valence-corrected chi connectivity index (χ0v) is 21.6. The van der Waals surface area contributed by atoms with Gasteiger partial charge in [-0.25, -0.2) is 0 Å². The first-order valence-corrected chi connectivity index (χ1v) is 13.1. The average Bonchev–Trinajstić information content (AvgIpc) is 2.96. The van der Waals surface area contributed by atoms with Gasteiger partial charge in [0.05, 0.1) is 24.3 Å². The molecule has 1 fully saturated rings. The Morgan fingerprint density at radius 1 is 0.938 bits per heavy atom. The molecule has 32 heavy (non-hydrogen) atoms. The third kappa shape index (κ3) is 10.5. The maximum absolute atomic E-state index is 13.0. The molecular weight excluding hydrogens is 404 g/mol. The molecule has 0 bridgehead atoms. The zero-order chi connectivity index (χ0) is 24.1. The van der Waals surface area contributed by atoms with Gasteiger partial charge in [-0.2, -0.15) is 0 Å². The van der Waals surface area contributed by atoms with Gasteiger partial charge in [0.1, 0.15) is 5.72 Å². The van der Waals surface area contributed by atoms with Crippen LogP contribution in [0.1, 0.15) is 131 Å². The van der Waals surface area contributed by atoms with Gasteiger partial charge in [0.15, 0.2) is 0 Å². The Hall–Kier alpha value is -0.690. The Balaban J connectivity index is 2.16. The van der Waals surface area contributed by atoms with Crippen molar-refractivity contribution in [1.82, 2.24) is 10.4 Å². The van der Waals surface area contributed by atoms with Crippen molar-refractivity contribution in [2.45, 2.75) is 148 Å². The highest BCUT2D eigenvalue weighted by Crippen LogP contribution is 2.40. The van der Waals surface area contributed by atoms with Gasteiger partial charge < -0.3 is 15.2 Å². The molecule has 1 unspecified atom stereocenters. The summed E-state index contributed by atoms with van der Waals surface area (Å²) in [6.45, 7) is 10.3. The molecule has 0 aliphatic carbocycles. The summed E-state index contributed by atoms with van der Waals surface area (Å²) >= 11 is 0. The van der Waals surface area contributed by atoms with Gasteiger partial charge in [0.25, 0.3) is 0 Å². The molecule has 1 aliphatic rings. The molecule has 1 saturated heterocycles.